The van der Waals surface area contributed by atoms with Gasteiger partial charge in [0.25, 0.3) is 0 Å². The first-order valence-corrected chi connectivity index (χ1v) is 7.29. The van der Waals surface area contributed by atoms with Crippen molar-refractivity contribution in [2.75, 3.05) is 33.2 Å². The molecule has 2 rings (SSSR count). The Labute approximate surface area is 118 Å². The number of alkyl halides is 1. The van der Waals surface area contributed by atoms with Gasteiger partial charge in [-0.05, 0) is 30.5 Å². The molecule has 1 aromatic rings. The van der Waals surface area contributed by atoms with Crippen molar-refractivity contribution >= 4 is 23.5 Å². The molecule has 0 spiro atoms. The zero-order valence-electron chi connectivity index (χ0n) is 10.7. The number of nitrogens with zero attached hydrogens (tertiary/aromatic N) is 1. The fourth-order valence-electron chi connectivity index (χ4n) is 2.12. The molecule has 0 amide bonds. The van der Waals surface area contributed by atoms with E-state index in [2.05, 4.69) is 10.4 Å². The van der Waals surface area contributed by atoms with Crippen molar-refractivity contribution in [3.05, 3.63) is 23.8 Å². The first-order valence-electron chi connectivity index (χ1n) is 5.98. The van der Waals surface area contributed by atoms with E-state index in [1.807, 2.05) is 12.1 Å². The number of rotatable bonds is 5. The Hall–Kier alpha value is -0.420. The largest absolute Gasteiger partial charge is 0.496 e. The minimum atomic E-state index is 0.0627. The van der Waals surface area contributed by atoms with Crippen LogP contribution in [0.2, 0.25) is 0 Å². The van der Waals surface area contributed by atoms with Gasteiger partial charge in [0.05, 0.1) is 7.11 Å². The van der Waals surface area contributed by atoms with Crippen molar-refractivity contribution < 1.29 is 9.47 Å². The SMILES string of the molecule is COc1cccc2c1C(OC)CN(CCCCl)S2. The molecule has 1 unspecified atom stereocenters. The van der Waals surface area contributed by atoms with E-state index in [1.54, 1.807) is 26.2 Å². The molecule has 0 fully saturated rings. The lowest BCUT2D eigenvalue weighted by Gasteiger charge is -2.33. The second kappa shape index (κ2) is 6.66. The predicted molar refractivity (Wildman–Crippen MR) is 75.5 cm³/mol. The van der Waals surface area contributed by atoms with Gasteiger partial charge < -0.3 is 9.47 Å². The lowest BCUT2D eigenvalue weighted by molar-refractivity contribution is 0.0793. The van der Waals surface area contributed by atoms with Gasteiger partial charge >= 0.3 is 0 Å². The molecule has 100 valence electrons. The third-order valence-corrected chi connectivity index (χ3v) is 4.40. The van der Waals surface area contributed by atoms with Gasteiger partial charge in [-0.1, -0.05) is 6.07 Å². The molecule has 0 aromatic heterocycles. The van der Waals surface area contributed by atoms with Crippen molar-refractivity contribution in [1.29, 1.82) is 0 Å². The van der Waals surface area contributed by atoms with E-state index in [0.717, 1.165) is 30.8 Å². The molecule has 1 heterocycles. The van der Waals surface area contributed by atoms with Crippen molar-refractivity contribution in [1.82, 2.24) is 4.31 Å². The number of hydrogen-bond donors (Lipinski definition) is 0. The van der Waals surface area contributed by atoms with E-state index in [-0.39, 0.29) is 6.10 Å². The third kappa shape index (κ3) is 2.94. The van der Waals surface area contributed by atoms with Crippen LogP contribution in [0.15, 0.2) is 23.1 Å². The highest BCUT2D eigenvalue weighted by Crippen LogP contribution is 2.42. The van der Waals surface area contributed by atoms with Crippen LogP contribution in [0.4, 0.5) is 0 Å². The van der Waals surface area contributed by atoms with Gasteiger partial charge in [-0.25, -0.2) is 4.31 Å². The normalized spacial score (nSPS) is 19.6. The Morgan fingerprint density at radius 3 is 2.94 bits per heavy atom. The van der Waals surface area contributed by atoms with Crippen LogP contribution < -0.4 is 4.74 Å². The summed E-state index contributed by atoms with van der Waals surface area (Å²) in [5, 5.41) is 0. The van der Waals surface area contributed by atoms with Gasteiger partial charge in [0.15, 0.2) is 0 Å². The topological polar surface area (TPSA) is 21.7 Å². The lowest BCUT2D eigenvalue weighted by Crippen LogP contribution is -2.29. The van der Waals surface area contributed by atoms with Crippen LogP contribution in [0.3, 0.4) is 0 Å². The molecule has 5 heteroatoms. The molecule has 0 bridgehead atoms. The molecule has 0 saturated heterocycles. The molecule has 1 atom stereocenters. The number of halogens is 1. The van der Waals surface area contributed by atoms with Crippen molar-refractivity contribution in [3.63, 3.8) is 0 Å². The van der Waals surface area contributed by atoms with Gasteiger partial charge in [-0.3, -0.25) is 0 Å². The van der Waals surface area contributed by atoms with Crippen molar-refractivity contribution in [2.45, 2.75) is 17.4 Å². The fourth-order valence-corrected chi connectivity index (χ4v) is 3.41. The third-order valence-electron chi connectivity index (χ3n) is 2.99. The molecule has 3 nitrogen and oxygen atoms in total. The first-order chi connectivity index (χ1) is 8.80. The summed E-state index contributed by atoms with van der Waals surface area (Å²) in [6.45, 7) is 1.84. The number of ether oxygens (including phenoxy) is 2. The summed E-state index contributed by atoms with van der Waals surface area (Å²) in [6, 6.07) is 6.11. The minimum absolute atomic E-state index is 0.0627. The van der Waals surface area contributed by atoms with E-state index in [1.165, 1.54) is 4.90 Å². The fraction of sp³-hybridized carbons (Fsp3) is 0.538. The Bertz CT molecular complexity index is 403. The van der Waals surface area contributed by atoms with Gasteiger partial charge in [0.1, 0.15) is 11.9 Å². The molecule has 0 radical (unpaired) electrons. The smallest absolute Gasteiger partial charge is 0.125 e. The lowest BCUT2D eigenvalue weighted by atomic mass is 10.1. The molecular weight excluding hydrogens is 270 g/mol. The van der Waals surface area contributed by atoms with E-state index in [0.29, 0.717) is 5.88 Å². The van der Waals surface area contributed by atoms with E-state index in [4.69, 9.17) is 21.1 Å². The molecule has 1 aliphatic rings. The van der Waals surface area contributed by atoms with Crippen LogP contribution in [0, 0.1) is 0 Å². The summed E-state index contributed by atoms with van der Waals surface area (Å²) in [6.07, 6.45) is 1.05. The maximum atomic E-state index is 5.75. The van der Waals surface area contributed by atoms with Gasteiger partial charge in [0.2, 0.25) is 0 Å². The average molecular weight is 288 g/mol. The second-order valence-corrected chi connectivity index (χ2v) is 5.64. The highest BCUT2D eigenvalue weighted by atomic mass is 35.5. The summed E-state index contributed by atoms with van der Waals surface area (Å²) in [5.74, 6) is 1.60. The van der Waals surface area contributed by atoms with E-state index >= 15 is 0 Å². The monoisotopic (exact) mass is 287 g/mol. The van der Waals surface area contributed by atoms with Gasteiger partial charge in [-0.15, -0.1) is 11.6 Å². The Morgan fingerprint density at radius 2 is 2.28 bits per heavy atom. The highest BCUT2D eigenvalue weighted by molar-refractivity contribution is 7.97. The molecule has 1 aliphatic heterocycles. The summed E-state index contributed by atoms with van der Waals surface area (Å²) in [7, 11) is 3.45. The molecule has 0 saturated carbocycles. The number of hydrogen-bond acceptors (Lipinski definition) is 4. The molecule has 1 aromatic carbocycles. The molecule has 0 aliphatic carbocycles. The van der Waals surface area contributed by atoms with Crippen LogP contribution in [0.25, 0.3) is 0 Å². The predicted octanol–water partition coefficient (Wildman–Crippen LogP) is 3.33. The van der Waals surface area contributed by atoms with Gasteiger partial charge in [-0.2, -0.15) is 0 Å². The van der Waals surface area contributed by atoms with Crippen LogP contribution in [-0.2, 0) is 4.74 Å². The molecule has 0 N–H and O–H groups in total. The number of fused-ring (bicyclic) bond motifs is 1. The van der Waals surface area contributed by atoms with Crippen LogP contribution in [-0.4, -0.2) is 37.5 Å². The minimum Gasteiger partial charge on any atom is -0.496 e. The summed E-state index contributed by atoms with van der Waals surface area (Å²) < 4.78 is 13.3. The highest BCUT2D eigenvalue weighted by Gasteiger charge is 2.28. The summed E-state index contributed by atoms with van der Waals surface area (Å²) in [5.41, 5.74) is 1.16. The van der Waals surface area contributed by atoms with Crippen LogP contribution >= 0.6 is 23.5 Å². The maximum absolute atomic E-state index is 5.75. The Morgan fingerprint density at radius 1 is 1.44 bits per heavy atom. The molecule has 18 heavy (non-hydrogen) atoms. The van der Waals surface area contributed by atoms with Crippen LogP contribution in [0.1, 0.15) is 18.1 Å². The zero-order chi connectivity index (χ0) is 13.0. The van der Waals surface area contributed by atoms with Crippen molar-refractivity contribution in [2.24, 2.45) is 0 Å². The number of benzene rings is 1. The number of methoxy groups -OCH3 is 2. The summed E-state index contributed by atoms with van der Waals surface area (Å²) >= 11 is 7.51. The summed E-state index contributed by atoms with van der Waals surface area (Å²) in [4.78, 5) is 1.21. The average Bonchev–Trinajstić information content (AvgIpc) is 2.43. The van der Waals surface area contributed by atoms with Crippen LogP contribution in [0.5, 0.6) is 5.75 Å². The van der Waals surface area contributed by atoms with Gasteiger partial charge in [0, 0.05) is 36.5 Å². The standard InChI is InChI=1S/C13H18ClNO2S/c1-16-10-5-3-6-12-13(10)11(17-2)9-15(18-12)8-4-7-14/h3,5-6,11H,4,7-9H2,1-2H3. The zero-order valence-corrected chi connectivity index (χ0v) is 12.3. The van der Waals surface area contributed by atoms with E-state index < -0.39 is 0 Å². The Balaban J connectivity index is 2.24. The maximum Gasteiger partial charge on any atom is 0.125 e. The Kier molecular flexibility index (Phi) is 5.18. The van der Waals surface area contributed by atoms with Crippen molar-refractivity contribution in [3.8, 4) is 5.75 Å². The molecular formula is C13H18ClNO2S. The second-order valence-electron chi connectivity index (χ2n) is 4.12. The quantitative estimate of drug-likeness (QED) is 0.612. The van der Waals surface area contributed by atoms with E-state index in [9.17, 15) is 0 Å². The first kappa shape index (κ1) is 14.0.